The van der Waals surface area contributed by atoms with E-state index in [-0.39, 0.29) is 17.1 Å². The Morgan fingerprint density at radius 1 is 1.38 bits per heavy atom. The van der Waals surface area contributed by atoms with Gasteiger partial charge in [0.15, 0.2) is 9.84 Å². The molecule has 1 aromatic rings. The second-order valence-electron chi connectivity index (χ2n) is 6.88. The second-order valence-corrected chi connectivity index (χ2v) is 8.89. The molecule has 24 heavy (non-hydrogen) atoms. The third-order valence-corrected chi connectivity index (χ3v) is 5.55. The van der Waals surface area contributed by atoms with E-state index in [1.54, 1.807) is 20.8 Å². The lowest BCUT2D eigenvalue weighted by Gasteiger charge is -2.22. The molecule has 0 saturated carbocycles. The number of carbonyl (C=O) groups excluding carboxylic acids is 1. The molecule has 0 amide bonds. The molecule has 0 spiro atoms. The van der Waals surface area contributed by atoms with E-state index in [1.807, 2.05) is 0 Å². The number of hydrogen-bond acceptors (Lipinski definition) is 6. The minimum atomic E-state index is -3.51. The zero-order chi connectivity index (χ0) is 18.3. The van der Waals surface area contributed by atoms with Gasteiger partial charge in [-0.3, -0.25) is 4.79 Å². The van der Waals surface area contributed by atoms with Gasteiger partial charge in [-0.1, -0.05) is 12.1 Å². The molecule has 1 aliphatic heterocycles. The lowest BCUT2D eigenvalue weighted by molar-refractivity contribution is -0.156. The fourth-order valence-electron chi connectivity index (χ4n) is 2.69. The van der Waals surface area contributed by atoms with E-state index in [4.69, 9.17) is 15.6 Å². The highest BCUT2D eigenvalue weighted by atomic mass is 32.2. The number of fused-ring (bicyclic) bond motifs is 1. The number of carbonyl (C=O) groups is 2. The summed E-state index contributed by atoms with van der Waals surface area (Å²) in [5.74, 6) is -2.60. The van der Waals surface area contributed by atoms with Gasteiger partial charge >= 0.3 is 11.9 Å². The predicted octanol–water partition coefficient (Wildman–Crippen LogP) is 1.37. The van der Waals surface area contributed by atoms with Crippen molar-refractivity contribution in [3.63, 3.8) is 0 Å². The monoisotopic (exact) mass is 355 g/mol. The Labute approximate surface area is 140 Å². The van der Waals surface area contributed by atoms with Crippen LogP contribution < -0.4 is 5.73 Å². The summed E-state index contributed by atoms with van der Waals surface area (Å²) in [6, 6.07) is 3.28. The molecule has 1 heterocycles. The third-order valence-electron chi connectivity index (χ3n) is 3.67. The van der Waals surface area contributed by atoms with Crippen LogP contribution in [-0.2, 0) is 24.2 Å². The molecule has 2 unspecified atom stereocenters. The van der Waals surface area contributed by atoms with Gasteiger partial charge in [0, 0.05) is 5.92 Å². The standard InChI is InChI=1S/C16H21NO6S/c1-16(2,3)23-15(20)14(17)9-4-5-12-11(6-9)10(7-13(18)19)8-24(12,21)22/h4-6,10,14H,7-8,17H2,1-3H3,(H,18,19). The highest BCUT2D eigenvalue weighted by Gasteiger charge is 2.36. The number of ether oxygens (including phenoxy) is 1. The molecule has 0 aliphatic carbocycles. The Morgan fingerprint density at radius 3 is 2.54 bits per heavy atom. The van der Waals surface area contributed by atoms with E-state index in [2.05, 4.69) is 0 Å². The maximum Gasteiger partial charge on any atom is 0.328 e. The van der Waals surface area contributed by atoms with Crippen molar-refractivity contribution < 1.29 is 27.9 Å². The molecule has 8 heteroatoms. The number of aliphatic carboxylic acids is 1. The number of carboxylic acids is 1. The van der Waals surface area contributed by atoms with Gasteiger partial charge in [-0.2, -0.15) is 0 Å². The van der Waals surface area contributed by atoms with Gasteiger partial charge in [-0.15, -0.1) is 0 Å². The van der Waals surface area contributed by atoms with Gasteiger partial charge in [0.25, 0.3) is 0 Å². The summed E-state index contributed by atoms with van der Waals surface area (Å²) in [6.07, 6.45) is -0.294. The number of rotatable bonds is 4. The van der Waals surface area contributed by atoms with Crippen molar-refractivity contribution in [1.82, 2.24) is 0 Å². The average molecular weight is 355 g/mol. The lowest BCUT2D eigenvalue weighted by atomic mass is 9.94. The molecule has 132 valence electrons. The quantitative estimate of drug-likeness (QED) is 0.782. The van der Waals surface area contributed by atoms with E-state index >= 15 is 0 Å². The smallest absolute Gasteiger partial charge is 0.328 e. The van der Waals surface area contributed by atoms with E-state index in [1.165, 1.54) is 18.2 Å². The molecular formula is C16H21NO6S. The molecule has 1 aromatic carbocycles. The zero-order valence-corrected chi connectivity index (χ0v) is 14.6. The Kier molecular flexibility index (Phi) is 4.74. The largest absolute Gasteiger partial charge is 0.481 e. The van der Waals surface area contributed by atoms with Gasteiger partial charge in [-0.05, 0) is 38.0 Å². The topological polar surface area (TPSA) is 124 Å². The molecule has 0 bridgehead atoms. The van der Waals surface area contributed by atoms with Gasteiger partial charge < -0.3 is 15.6 Å². The van der Waals surface area contributed by atoms with Crippen LogP contribution >= 0.6 is 0 Å². The number of sulfone groups is 1. The number of esters is 1. The van der Waals surface area contributed by atoms with E-state index < -0.39 is 39.3 Å². The summed E-state index contributed by atoms with van der Waals surface area (Å²) in [7, 11) is -3.51. The van der Waals surface area contributed by atoms with Gasteiger partial charge in [-0.25, -0.2) is 13.2 Å². The first-order chi connectivity index (χ1) is 10.9. The SMILES string of the molecule is CC(C)(C)OC(=O)C(N)c1ccc2c(c1)C(CC(=O)O)CS2(=O)=O. The highest BCUT2D eigenvalue weighted by Crippen LogP contribution is 2.38. The third kappa shape index (κ3) is 3.93. The summed E-state index contributed by atoms with van der Waals surface area (Å²) in [5, 5.41) is 8.97. The summed E-state index contributed by atoms with van der Waals surface area (Å²) in [4.78, 5) is 23.2. The van der Waals surface area contributed by atoms with Gasteiger partial charge in [0.05, 0.1) is 17.1 Å². The van der Waals surface area contributed by atoms with E-state index in [9.17, 15) is 18.0 Å². The first-order valence-electron chi connectivity index (χ1n) is 7.47. The van der Waals surface area contributed by atoms with Crippen molar-refractivity contribution in [2.75, 3.05) is 5.75 Å². The molecule has 0 radical (unpaired) electrons. The van der Waals surface area contributed by atoms with Crippen LogP contribution in [0, 0.1) is 0 Å². The van der Waals surface area contributed by atoms with Crippen LogP contribution in [0.15, 0.2) is 23.1 Å². The molecule has 0 aromatic heterocycles. The Morgan fingerprint density at radius 2 is 2.00 bits per heavy atom. The first kappa shape index (κ1) is 18.4. The van der Waals surface area contributed by atoms with Crippen LogP contribution in [0.3, 0.4) is 0 Å². The summed E-state index contributed by atoms with van der Waals surface area (Å²) in [6.45, 7) is 5.15. The number of hydrogen-bond donors (Lipinski definition) is 2. The summed E-state index contributed by atoms with van der Waals surface area (Å²) >= 11 is 0. The maximum atomic E-state index is 12.1. The van der Waals surface area contributed by atoms with Crippen molar-refractivity contribution in [1.29, 1.82) is 0 Å². The molecule has 0 fully saturated rings. The first-order valence-corrected chi connectivity index (χ1v) is 9.13. The summed E-state index contributed by atoms with van der Waals surface area (Å²) < 4.78 is 29.5. The molecular weight excluding hydrogens is 334 g/mol. The fraction of sp³-hybridized carbons (Fsp3) is 0.500. The minimum Gasteiger partial charge on any atom is -0.481 e. The van der Waals surface area contributed by atoms with Crippen LogP contribution in [0.4, 0.5) is 0 Å². The lowest BCUT2D eigenvalue weighted by Crippen LogP contribution is -2.31. The highest BCUT2D eigenvalue weighted by molar-refractivity contribution is 7.91. The van der Waals surface area contributed by atoms with E-state index in [0.29, 0.717) is 11.1 Å². The predicted molar refractivity (Wildman–Crippen MR) is 86.3 cm³/mol. The number of benzene rings is 1. The van der Waals surface area contributed by atoms with Crippen LogP contribution in [0.2, 0.25) is 0 Å². The van der Waals surface area contributed by atoms with Crippen LogP contribution in [-0.4, -0.2) is 36.8 Å². The second kappa shape index (κ2) is 6.18. The van der Waals surface area contributed by atoms with Crippen molar-refractivity contribution in [2.45, 2.75) is 49.6 Å². The van der Waals surface area contributed by atoms with Crippen LogP contribution in [0.5, 0.6) is 0 Å². The molecule has 2 rings (SSSR count). The van der Waals surface area contributed by atoms with Crippen molar-refractivity contribution in [3.05, 3.63) is 29.3 Å². The minimum absolute atomic E-state index is 0.105. The Balaban J connectivity index is 2.36. The van der Waals surface area contributed by atoms with E-state index in [0.717, 1.165) is 0 Å². The maximum absolute atomic E-state index is 12.1. The fourth-order valence-corrected chi connectivity index (χ4v) is 4.55. The summed E-state index contributed by atoms with van der Waals surface area (Å²) in [5.41, 5.74) is 6.02. The van der Waals surface area contributed by atoms with Gasteiger partial charge in [0.1, 0.15) is 11.6 Å². The zero-order valence-electron chi connectivity index (χ0n) is 13.8. The molecule has 1 aliphatic rings. The van der Waals surface area contributed by atoms with Crippen molar-refractivity contribution in [3.8, 4) is 0 Å². The van der Waals surface area contributed by atoms with Crippen LogP contribution in [0.1, 0.15) is 50.3 Å². The number of nitrogens with two attached hydrogens (primary N) is 1. The van der Waals surface area contributed by atoms with Crippen LogP contribution in [0.25, 0.3) is 0 Å². The number of carboxylic acid groups (broad SMARTS) is 1. The normalized spacial score (nSPS) is 20.2. The van der Waals surface area contributed by atoms with Crippen molar-refractivity contribution in [2.24, 2.45) is 5.73 Å². The Bertz CT molecular complexity index is 778. The average Bonchev–Trinajstić information content (AvgIpc) is 2.66. The molecule has 2 atom stereocenters. The Hall–Kier alpha value is -1.93. The molecule has 0 saturated heterocycles. The van der Waals surface area contributed by atoms with Crippen molar-refractivity contribution >= 4 is 21.8 Å². The molecule has 7 nitrogen and oxygen atoms in total. The van der Waals surface area contributed by atoms with Gasteiger partial charge in [0.2, 0.25) is 0 Å². The molecule has 3 N–H and O–H groups in total.